The van der Waals surface area contributed by atoms with Crippen molar-refractivity contribution in [1.29, 1.82) is 0 Å². The molecule has 0 fully saturated rings. The zero-order valence-electron chi connectivity index (χ0n) is 7.79. The SMILES string of the molecule is CCNC(=O)c1ccc(NC)nc1. The molecule has 1 amide bonds. The molecule has 0 unspecified atom stereocenters. The summed E-state index contributed by atoms with van der Waals surface area (Å²) in [6.45, 7) is 2.51. The first kappa shape index (κ1) is 9.51. The average molecular weight is 179 g/mol. The highest BCUT2D eigenvalue weighted by atomic mass is 16.1. The van der Waals surface area contributed by atoms with Gasteiger partial charge in [0.25, 0.3) is 5.91 Å². The van der Waals surface area contributed by atoms with Gasteiger partial charge in [-0.2, -0.15) is 0 Å². The van der Waals surface area contributed by atoms with E-state index in [4.69, 9.17) is 0 Å². The molecule has 0 spiro atoms. The highest BCUT2D eigenvalue weighted by Crippen LogP contribution is 2.03. The van der Waals surface area contributed by atoms with Crippen LogP contribution in [0.4, 0.5) is 5.82 Å². The van der Waals surface area contributed by atoms with Gasteiger partial charge in [-0.15, -0.1) is 0 Å². The van der Waals surface area contributed by atoms with E-state index < -0.39 is 0 Å². The number of nitrogens with one attached hydrogen (secondary N) is 2. The van der Waals surface area contributed by atoms with Crippen LogP contribution < -0.4 is 10.6 Å². The van der Waals surface area contributed by atoms with E-state index in [2.05, 4.69) is 15.6 Å². The second-order valence-corrected chi connectivity index (χ2v) is 2.54. The third kappa shape index (κ3) is 2.43. The number of carbonyl (C=O) groups is 1. The number of rotatable bonds is 3. The molecule has 70 valence electrons. The summed E-state index contributed by atoms with van der Waals surface area (Å²) in [5.41, 5.74) is 0.584. The Bertz CT molecular complexity index is 281. The van der Waals surface area contributed by atoms with E-state index in [0.717, 1.165) is 5.82 Å². The van der Waals surface area contributed by atoms with Crippen LogP contribution in [0.2, 0.25) is 0 Å². The van der Waals surface area contributed by atoms with Gasteiger partial charge in [0.1, 0.15) is 5.82 Å². The lowest BCUT2D eigenvalue weighted by Gasteiger charge is -2.02. The fourth-order valence-electron chi connectivity index (χ4n) is 0.939. The number of carbonyl (C=O) groups excluding carboxylic acids is 1. The van der Waals surface area contributed by atoms with Crippen molar-refractivity contribution in [3.05, 3.63) is 23.9 Å². The first-order valence-corrected chi connectivity index (χ1v) is 4.20. The molecule has 1 aromatic heterocycles. The quantitative estimate of drug-likeness (QED) is 0.724. The Morgan fingerprint density at radius 2 is 2.31 bits per heavy atom. The van der Waals surface area contributed by atoms with Crippen molar-refractivity contribution in [3.8, 4) is 0 Å². The maximum Gasteiger partial charge on any atom is 0.252 e. The van der Waals surface area contributed by atoms with Gasteiger partial charge in [-0.05, 0) is 19.1 Å². The van der Waals surface area contributed by atoms with Gasteiger partial charge in [-0.25, -0.2) is 4.98 Å². The number of hydrogen-bond acceptors (Lipinski definition) is 3. The molecule has 0 aromatic carbocycles. The lowest BCUT2D eigenvalue weighted by molar-refractivity contribution is 0.0955. The van der Waals surface area contributed by atoms with Crippen molar-refractivity contribution in [2.45, 2.75) is 6.92 Å². The molecule has 0 bridgehead atoms. The van der Waals surface area contributed by atoms with E-state index >= 15 is 0 Å². The van der Waals surface area contributed by atoms with Crippen LogP contribution in [0.3, 0.4) is 0 Å². The van der Waals surface area contributed by atoms with Gasteiger partial charge < -0.3 is 10.6 Å². The molecular formula is C9H13N3O. The summed E-state index contributed by atoms with van der Waals surface area (Å²) in [5, 5.41) is 5.58. The van der Waals surface area contributed by atoms with Gasteiger partial charge in [0.05, 0.1) is 5.56 Å². The summed E-state index contributed by atoms with van der Waals surface area (Å²) in [4.78, 5) is 15.3. The van der Waals surface area contributed by atoms with E-state index in [0.29, 0.717) is 12.1 Å². The van der Waals surface area contributed by atoms with Crippen LogP contribution in [0.25, 0.3) is 0 Å². The molecule has 0 aliphatic carbocycles. The second kappa shape index (κ2) is 4.45. The molecular weight excluding hydrogens is 166 g/mol. The highest BCUT2D eigenvalue weighted by Gasteiger charge is 2.02. The number of hydrogen-bond donors (Lipinski definition) is 2. The van der Waals surface area contributed by atoms with E-state index in [-0.39, 0.29) is 5.91 Å². The van der Waals surface area contributed by atoms with E-state index in [1.54, 1.807) is 25.4 Å². The number of pyridine rings is 1. The molecule has 4 heteroatoms. The number of nitrogens with zero attached hydrogens (tertiary/aromatic N) is 1. The summed E-state index contributed by atoms with van der Waals surface area (Å²) < 4.78 is 0. The van der Waals surface area contributed by atoms with Crippen LogP contribution in [0, 0.1) is 0 Å². The summed E-state index contributed by atoms with van der Waals surface area (Å²) in [7, 11) is 1.79. The van der Waals surface area contributed by atoms with Crippen molar-refractivity contribution in [2.75, 3.05) is 18.9 Å². The van der Waals surface area contributed by atoms with Crippen LogP contribution in [-0.4, -0.2) is 24.5 Å². The molecule has 13 heavy (non-hydrogen) atoms. The maximum absolute atomic E-state index is 11.3. The van der Waals surface area contributed by atoms with Crippen molar-refractivity contribution >= 4 is 11.7 Å². The zero-order chi connectivity index (χ0) is 9.68. The largest absolute Gasteiger partial charge is 0.373 e. The molecule has 1 rings (SSSR count). The first-order valence-electron chi connectivity index (χ1n) is 4.20. The second-order valence-electron chi connectivity index (χ2n) is 2.54. The normalized spacial score (nSPS) is 9.38. The summed E-state index contributed by atoms with van der Waals surface area (Å²) in [6, 6.07) is 3.51. The van der Waals surface area contributed by atoms with Gasteiger partial charge in [-0.3, -0.25) is 4.79 Å². The highest BCUT2D eigenvalue weighted by molar-refractivity contribution is 5.93. The van der Waals surface area contributed by atoms with E-state index in [9.17, 15) is 4.79 Å². The fourth-order valence-corrected chi connectivity index (χ4v) is 0.939. The van der Waals surface area contributed by atoms with Gasteiger partial charge in [0, 0.05) is 19.8 Å². The topological polar surface area (TPSA) is 54.0 Å². The Morgan fingerprint density at radius 1 is 1.54 bits per heavy atom. The summed E-state index contributed by atoms with van der Waals surface area (Å²) in [6.07, 6.45) is 1.55. The first-order chi connectivity index (χ1) is 6.27. The third-order valence-corrected chi connectivity index (χ3v) is 1.62. The average Bonchev–Trinajstić information content (AvgIpc) is 2.18. The Labute approximate surface area is 77.4 Å². The molecule has 0 saturated carbocycles. The van der Waals surface area contributed by atoms with Gasteiger partial charge >= 0.3 is 0 Å². The third-order valence-electron chi connectivity index (χ3n) is 1.62. The van der Waals surface area contributed by atoms with Crippen LogP contribution in [0.5, 0.6) is 0 Å². The minimum absolute atomic E-state index is 0.0855. The summed E-state index contributed by atoms with van der Waals surface area (Å²) >= 11 is 0. The molecule has 2 N–H and O–H groups in total. The van der Waals surface area contributed by atoms with Crippen LogP contribution in [0.1, 0.15) is 17.3 Å². The molecule has 0 atom stereocenters. The molecule has 0 aliphatic rings. The molecule has 0 radical (unpaired) electrons. The molecule has 4 nitrogen and oxygen atoms in total. The number of aromatic nitrogens is 1. The molecule has 0 aliphatic heterocycles. The Kier molecular flexibility index (Phi) is 3.25. The van der Waals surface area contributed by atoms with Crippen LogP contribution in [-0.2, 0) is 0 Å². The lowest BCUT2D eigenvalue weighted by atomic mass is 10.2. The van der Waals surface area contributed by atoms with Crippen molar-refractivity contribution in [1.82, 2.24) is 10.3 Å². The van der Waals surface area contributed by atoms with Crippen molar-refractivity contribution in [3.63, 3.8) is 0 Å². The maximum atomic E-state index is 11.3. The summed E-state index contributed by atoms with van der Waals surface area (Å²) in [5.74, 6) is 0.672. The molecule has 1 aromatic rings. The molecule has 1 heterocycles. The van der Waals surface area contributed by atoms with Gasteiger partial charge in [0.15, 0.2) is 0 Å². The van der Waals surface area contributed by atoms with Crippen molar-refractivity contribution < 1.29 is 4.79 Å². The van der Waals surface area contributed by atoms with Gasteiger partial charge in [0.2, 0.25) is 0 Å². The minimum Gasteiger partial charge on any atom is -0.373 e. The number of anilines is 1. The Hall–Kier alpha value is -1.58. The van der Waals surface area contributed by atoms with Crippen molar-refractivity contribution in [2.24, 2.45) is 0 Å². The standard InChI is InChI=1S/C9H13N3O/c1-3-11-9(13)7-4-5-8(10-2)12-6-7/h4-6H,3H2,1-2H3,(H,10,12)(H,11,13). The zero-order valence-corrected chi connectivity index (χ0v) is 7.79. The fraction of sp³-hybridized carbons (Fsp3) is 0.333. The minimum atomic E-state index is -0.0855. The lowest BCUT2D eigenvalue weighted by Crippen LogP contribution is -2.22. The monoisotopic (exact) mass is 179 g/mol. The Balaban J connectivity index is 2.74. The van der Waals surface area contributed by atoms with Crippen LogP contribution >= 0.6 is 0 Å². The predicted octanol–water partition coefficient (Wildman–Crippen LogP) is 0.873. The van der Waals surface area contributed by atoms with Gasteiger partial charge in [-0.1, -0.05) is 0 Å². The van der Waals surface area contributed by atoms with E-state index in [1.807, 2.05) is 6.92 Å². The number of amides is 1. The predicted molar refractivity (Wildman–Crippen MR) is 51.8 cm³/mol. The van der Waals surface area contributed by atoms with Crippen LogP contribution in [0.15, 0.2) is 18.3 Å². The Morgan fingerprint density at radius 3 is 2.77 bits per heavy atom. The molecule has 0 saturated heterocycles. The smallest absolute Gasteiger partial charge is 0.252 e. The van der Waals surface area contributed by atoms with E-state index in [1.165, 1.54) is 0 Å².